The number of hydrogen-bond acceptors (Lipinski definition) is 6. The third-order valence-electron chi connectivity index (χ3n) is 1.97. The number of rotatable bonds is 10. The third kappa shape index (κ3) is 10.5. The molecule has 112 valence electrons. The van der Waals surface area contributed by atoms with Crippen LogP contribution in [0.4, 0.5) is 0 Å². The average Bonchev–Trinajstić information content (AvgIpc) is 2.27. The Morgan fingerprint density at radius 3 is 2.16 bits per heavy atom. The van der Waals surface area contributed by atoms with Crippen LogP contribution in [0.15, 0.2) is 0 Å². The molecule has 0 heterocycles. The van der Waals surface area contributed by atoms with Crippen LogP contribution < -0.4 is 0 Å². The molecule has 0 aromatic carbocycles. The van der Waals surface area contributed by atoms with Gasteiger partial charge in [-0.2, -0.15) is 0 Å². The fourth-order valence-corrected chi connectivity index (χ4v) is 1.30. The Morgan fingerprint density at radius 1 is 1.00 bits per heavy atom. The van der Waals surface area contributed by atoms with E-state index in [9.17, 15) is 9.59 Å². The van der Waals surface area contributed by atoms with E-state index in [4.69, 9.17) is 18.9 Å². The molecule has 1 unspecified atom stereocenters. The van der Waals surface area contributed by atoms with E-state index in [1.165, 1.54) is 0 Å². The van der Waals surface area contributed by atoms with Crippen molar-refractivity contribution in [2.75, 3.05) is 19.8 Å². The molecular weight excluding hydrogens is 252 g/mol. The Hall–Kier alpha value is -1.14. The molecule has 0 aliphatic heterocycles. The molecule has 0 aromatic rings. The van der Waals surface area contributed by atoms with E-state index in [1.807, 2.05) is 6.92 Å². The SMILES string of the molecule is CCOCCC(OCC)OC(=O)CC(=O)OC(C)C. The van der Waals surface area contributed by atoms with Crippen molar-refractivity contribution in [2.24, 2.45) is 0 Å². The maximum Gasteiger partial charge on any atom is 0.319 e. The van der Waals surface area contributed by atoms with Crippen molar-refractivity contribution in [3.63, 3.8) is 0 Å². The predicted molar refractivity (Wildman–Crippen MR) is 68.5 cm³/mol. The van der Waals surface area contributed by atoms with Crippen LogP contribution in [0.25, 0.3) is 0 Å². The van der Waals surface area contributed by atoms with Gasteiger partial charge in [-0.25, -0.2) is 0 Å². The normalized spacial score (nSPS) is 12.3. The smallest absolute Gasteiger partial charge is 0.319 e. The van der Waals surface area contributed by atoms with Gasteiger partial charge in [0, 0.05) is 19.6 Å². The van der Waals surface area contributed by atoms with Crippen LogP contribution in [0.2, 0.25) is 0 Å². The van der Waals surface area contributed by atoms with E-state index in [0.717, 1.165) is 0 Å². The average molecular weight is 276 g/mol. The molecular formula is C13H24O6. The highest BCUT2D eigenvalue weighted by atomic mass is 16.7. The van der Waals surface area contributed by atoms with Gasteiger partial charge in [-0.15, -0.1) is 0 Å². The first kappa shape index (κ1) is 17.9. The van der Waals surface area contributed by atoms with Crippen molar-refractivity contribution in [2.45, 2.75) is 52.9 Å². The van der Waals surface area contributed by atoms with Crippen LogP contribution in [0.3, 0.4) is 0 Å². The summed E-state index contributed by atoms with van der Waals surface area (Å²) in [6.45, 7) is 8.56. The van der Waals surface area contributed by atoms with Gasteiger partial charge in [-0.05, 0) is 27.7 Å². The Balaban J connectivity index is 4.04. The number of carbonyl (C=O) groups excluding carboxylic acids is 2. The molecule has 19 heavy (non-hydrogen) atoms. The second-order valence-electron chi connectivity index (χ2n) is 4.08. The van der Waals surface area contributed by atoms with Crippen LogP contribution in [0.1, 0.15) is 40.5 Å². The van der Waals surface area contributed by atoms with Gasteiger partial charge in [0.1, 0.15) is 6.42 Å². The Bertz CT molecular complexity index is 264. The molecule has 0 saturated carbocycles. The topological polar surface area (TPSA) is 71.1 Å². The minimum Gasteiger partial charge on any atom is -0.463 e. The molecule has 0 fully saturated rings. The Morgan fingerprint density at radius 2 is 1.63 bits per heavy atom. The molecule has 0 aromatic heterocycles. The van der Waals surface area contributed by atoms with Crippen LogP contribution in [0, 0.1) is 0 Å². The molecule has 0 bridgehead atoms. The first-order valence-corrected chi connectivity index (χ1v) is 6.57. The summed E-state index contributed by atoms with van der Waals surface area (Å²) in [5, 5.41) is 0. The van der Waals surface area contributed by atoms with Gasteiger partial charge in [0.05, 0.1) is 12.7 Å². The van der Waals surface area contributed by atoms with E-state index in [2.05, 4.69) is 0 Å². The standard InChI is InChI=1S/C13H24O6/c1-5-16-8-7-13(17-6-2)19-12(15)9-11(14)18-10(3)4/h10,13H,5-9H2,1-4H3. The molecule has 0 radical (unpaired) electrons. The number of carbonyl (C=O) groups is 2. The zero-order valence-electron chi connectivity index (χ0n) is 12.1. The summed E-state index contributed by atoms with van der Waals surface area (Å²) >= 11 is 0. The molecule has 1 atom stereocenters. The van der Waals surface area contributed by atoms with Crippen molar-refractivity contribution in [3.05, 3.63) is 0 Å². The fourth-order valence-electron chi connectivity index (χ4n) is 1.30. The quantitative estimate of drug-likeness (QED) is 0.261. The van der Waals surface area contributed by atoms with Crippen LogP contribution in [-0.4, -0.2) is 44.2 Å². The Labute approximate surface area is 114 Å². The van der Waals surface area contributed by atoms with Gasteiger partial charge >= 0.3 is 11.9 Å². The molecule has 0 amide bonds. The highest BCUT2D eigenvalue weighted by Crippen LogP contribution is 2.05. The molecule has 6 heteroatoms. The Kier molecular flexibility index (Phi) is 10.1. The first-order valence-electron chi connectivity index (χ1n) is 6.57. The maximum atomic E-state index is 11.5. The number of hydrogen-bond donors (Lipinski definition) is 0. The first-order chi connectivity index (χ1) is 8.99. The lowest BCUT2D eigenvalue weighted by atomic mass is 10.4. The molecule has 0 aliphatic carbocycles. The van der Waals surface area contributed by atoms with Crippen molar-refractivity contribution >= 4 is 11.9 Å². The number of esters is 2. The lowest BCUT2D eigenvalue weighted by Gasteiger charge is -2.17. The van der Waals surface area contributed by atoms with Gasteiger partial charge < -0.3 is 18.9 Å². The molecule has 0 aliphatic rings. The molecule has 0 saturated heterocycles. The summed E-state index contributed by atoms with van der Waals surface area (Å²) in [6.07, 6.45) is -0.903. The van der Waals surface area contributed by atoms with E-state index in [-0.39, 0.29) is 6.10 Å². The van der Waals surface area contributed by atoms with Crippen LogP contribution in [-0.2, 0) is 28.5 Å². The molecule has 0 spiro atoms. The van der Waals surface area contributed by atoms with E-state index in [0.29, 0.717) is 26.2 Å². The summed E-state index contributed by atoms with van der Waals surface area (Å²) in [5.74, 6) is -1.25. The van der Waals surface area contributed by atoms with Gasteiger partial charge in [-0.3, -0.25) is 9.59 Å². The number of ether oxygens (including phenoxy) is 4. The highest BCUT2D eigenvalue weighted by Gasteiger charge is 2.18. The monoisotopic (exact) mass is 276 g/mol. The molecule has 0 rings (SSSR count). The van der Waals surface area contributed by atoms with Crippen molar-refractivity contribution in [3.8, 4) is 0 Å². The van der Waals surface area contributed by atoms with Gasteiger partial charge in [-0.1, -0.05) is 0 Å². The minimum absolute atomic E-state index is 0.249. The zero-order valence-corrected chi connectivity index (χ0v) is 12.1. The lowest BCUT2D eigenvalue weighted by molar-refractivity contribution is -0.183. The lowest BCUT2D eigenvalue weighted by Crippen LogP contribution is -2.25. The molecule has 0 N–H and O–H groups in total. The summed E-state index contributed by atoms with van der Waals surface area (Å²) in [7, 11) is 0. The summed E-state index contributed by atoms with van der Waals surface area (Å²) in [5.41, 5.74) is 0. The minimum atomic E-state index is -0.684. The summed E-state index contributed by atoms with van der Waals surface area (Å²) in [6, 6.07) is 0. The third-order valence-corrected chi connectivity index (χ3v) is 1.97. The van der Waals surface area contributed by atoms with Crippen molar-refractivity contribution in [1.29, 1.82) is 0 Å². The van der Waals surface area contributed by atoms with E-state index < -0.39 is 24.6 Å². The second-order valence-corrected chi connectivity index (χ2v) is 4.08. The zero-order chi connectivity index (χ0) is 14.7. The van der Waals surface area contributed by atoms with E-state index in [1.54, 1.807) is 20.8 Å². The van der Waals surface area contributed by atoms with Crippen molar-refractivity contribution < 1.29 is 28.5 Å². The van der Waals surface area contributed by atoms with Gasteiger partial charge in [0.25, 0.3) is 0 Å². The van der Waals surface area contributed by atoms with Crippen molar-refractivity contribution in [1.82, 2.24) is 0 Å². The summed E-state index contributed by atoms with van der Waals surface area (Å²) < 4.78 is 20.3. The van der Waals surface area contributed by atoms with Crippen LogP contribution >= 0.6 is 0 Å². The van der Waals surface area contributed by atoms with Gasteiger partial charge in [0.15, 0.2) is 0 Å². The van der Waals surface area contributed by atoms with E-state index >= 15 is 0 Å². The van der Waals surface area contributed by atoms with Gasteiger partial charge in [0.2, 0.25) is 6.29 Å². The second kappa shape index (κ2) is 10.8. The fraction of sp³-hybridized carbons (Fsp3) is 0.846. The largest absolute Gasteiger partial charge is 0.463 e. The maximum absolute atomic E-state index is 11.5. The molecule has 6 nitrogen and oxygen atoms in total. The van der Waals surface area contributed by atoms with Crippen LogP contribution in [0.5, 0.6) is 0 Å². The highest BCUT2D eigenvalue weighted by molar-refractivity contribution is 5.91. The predicted octanol–water partition coefficient (Wildman–Crippen LogP) is 1.66. The summed E-state index contributed by atoms with van der Waals surface area (Å²) in [4.78, 5) is 22.8.